The molecule has 0 aromatic heterocycles. The van der Waals surface area contributed by atoms with Crippen molar-refractivity contribution in [3.63, 3.8) is 0 Å². The smallest absolute Gasteiger partial charge is 0.288 e. The zero-order valence-electron chi connectivity index (χ0n) is 9.01. The third-order valence-electron chi connectivity index (χ3n) is 1.98. The molecule has 0 heterocycles. The lowest BCUT2D eigenvalue weighted by molar-refractivity contribution is -0.384. The summed E-state index contributed by atoms with van der Waals surface area (Å²) >= 11 is 5.75. The van der Waals surface area contributed by atoms with Crippen molar-refractivity contribution in [1.29, 1.82) is 0 Å². The van der Waals surface area contributed by atoms with E-state index in [1.54, 1.807) is 0 Å². The number of amides is 1. The Balaban J connectivity index is 2.95. The van der Waals surface area contributed by atoms with Gasteiger partial charge in [0.25, 0.3) is 11.6 Å². The maximum absolute atomic E-state index is 11.6. The van der Waals surface area contributed by atoms with Crippen molar-refractivity contribution < 1.29 is 14.8 Å². The summed E-state index contributed by atoms with van der Waals surface area (Å²) in [4.78, 5) is 21.6. The summed E-state index contributed by atoms with van der Waals surface area (Å²) < 4.78 is 0. The number of benzene rings is 1. The van der Waals surface area contributed by atoms with Gasteiger partial charge in [-0.1, -0.05) is 17.7 Å². The molecule has 0 fully saturated rings. The fourth-order valence-electron chi connectivity index (χ4n) is 1.17. The van der Waals surface area contributed by atoms with E-state index in [1.165, 1.54) is 25.1 Å². The highest BCUT2D eigenvalue weighted by Crippen LogP contribution is 2.27. The summed E-state index contributed by atoms with van der Waals surface area (Å²) in [5.41, 5.74) is -0.308. The molecule has 1 aromatic carbocycles. The minimum Gasteiger partial charge on any atom is -0.392 e. The zero-order valence-corrected chi connectivity index (χ0v) is 9.77. The number of aliphatic hydroxyl groups is 1. The zero-order chi connectivity index (χ0) is 13.0. The molecule has 0 spiro atoms. The Morgan fingerprint density at radius 3 is 2.82 bits per heavy atom. The number of rotatable bonds is 4. The average molecular weight is 259 g/mol. The van der Waals surface area contributed by atoms with E-state index in [4.69, 9.17) is 16.7 Å². The second-order valence-corrected chi connectivity index (χ2v) is 3.83. The molecule has 17 heavy (non-hydrogen) atoms. The van der Waals surface area contributed by atoms with E-state index in [1.807, 2.05) is 0 Å². The lowest BCUT2D eigenvalue weighted by atomic mass is 10.2. The number of nitrogens with zero attached hydrogens (tertiary/aromatic N) is 1. The van der Waals surface area contributed by atoms with E-state index < -0.39 is 16.9 Å². The van der Waals surface area contributed by atoms with Gasteiger partial charge in [-0.05, 0) is 13.0 Å². The predicted octanol–water partition coefficient (Wildman–Crippen LogP) is 1.36. The van der Waals surface area contributed by atoms with Crippen molar-refractivity contribution in [3.05, 3.63) is 38.9 Å². The Labute approximate surface area is 102 Å². The molecule has 6 nitrogen and oxygen atoms in total. The van der Waals surface area contributed by atoms with Crippen LogP contribution < -0.4 is 5.32 Å². The van der Waals surface area contributed by atoms with Crippen molar-refractivity contribution in [1.82, 2.24) is 5.32 Å². The highest BCUT2D eigenvalue weighted by molar-refractivity contribution is 6.35. The van der Waals surface area contributed by atoms with Crippen LogP contribution in [0, 0.1) is 10.1 Å². The minimum atomic E-state index is -0.698. The number of nitrogens with one attached hydrogen (secondary N) is 1. The van der Waals surface area contributed by atoms with Gasteiger partial charge in [-0.25, -0.2) is 0 Å². The third kappa shape index (κ3) is 3.40. The van der Waals surface area contributed by atoms with Crippen LogP contribution in [0.4, 0.5) is 5.69 Å². The van der Waals surface area contributed by atoms with Gasteiger partial charge in [-0.15, -0.1) is 0 Å². The van der Waals surface area contributed by atoms with Crippen molar-refractivity contribution >= 4 is 23.2 Å². The largest absolute Gasteiger partial charge is 0.392 e. The molecule has 1 atom stereocenters. The molecule has 0 bridgehead atoms. The number of aliphatic hydroxyl groups excluding tert-OH is 1. The first-order valence-electron chi connectivity index (χ1n) is 4.82. The van der Waals surface area contributed by atoms with E-state index >= 15 is 0 Å². The molecule has 1 aromatic rings. The van der Waals surface area contributed by atoms with E-state index in [0.717, 1.165) is 0 Å². The molecule has 0 unspecified atom stereocenters. The normalized spacial score (nSPS) is 11.9. The molecule has 0 aliphatic heterocycles. The number of hydrogen-bond acceptors (Lipinski definition) is 4. The van der Waals surface area contributed by atoms with Gasteiger partial charge in [0.05, 0.1) is 16.6 Å². The van der Waals surface area contributed by atoms with Gasteiger partial charge in [0, 0.05) is 12.6 Å². The van der Waals surface area contributed by atoms with Crippen LogP contribution >= 0.6 is 11.6 Å². The lowest BCUT2D eigenvalue weighted by Crippen LogP contribution is -2.30. The SMILES string of the molecule is C[C@H](O)CNC(=O)c1cccc([N+](=O)[O-])c1Cl. The van der Waals surface area contributed by atoms with Crippen LogP contribution in [0.5, 0.6) is 0 Å². The summed E-state index contributed by atoms with van der Waals surface area (Å²) in [7, 11) is 0. The van der Waals surface area contributed by atoms with Crippen LogP contribution in [0.1, 0.15) is 17.3 Å². The highest BCUT2D eigenvalue weighted by Gasteiger charge is 2.19. The summed E-state index contributed by atoms with van der Waals surface area (Å²) in [5.74, 6) is -0.556. The summed E-state index contributed by atoms with van der Waals surface area (Å²) in [6, 6.07) is 3.97. The van der Waals surface area contributed by atoms with Crippen molar-refractivity contribution in [3.8, 4) is 0 Å². The summed E-state index contributed by atoms with van der Waals surface area (Å²) in [6.07, 6.45) is -0.698. The molecule has 0 radical (unpaired) electrons. The van der Waals surface area contributed by atoms with Gasteiger partial charge in [-0.3, -0.25) is 14.9 Å². The fourth-order valence-corrected chi connectivity index (χ4v) is 1.45. The van der Waals surface area contributed by atoms with Gasteiger partial charge >= 0.3 is 0 Å². The standard InChI is InChI=1S/C10H11ClN2O4/c1-6(14)5-12-10(15)7-3-2-4-8(9(7)11)13(16)17/h2-4,6,14H,5H2,1H3,(H,12,15)/t6-/m0/s1. The first-order valence-corrected chi connectivity index (χ1v) is 5.20. The molecule has 0 saturated heterocycles. The van der Waals surface area contributed by atoms with Crippen LogP contribution in [0.15, 0.2) is 18.2 Å². The van der Waals surface area contributed by atoms with Gasteiger partial charge in [0.1, 0.15) is 5.02 Å². The fraction of sp³-hybridized carbons (Fsp3) is 0.300. The Hall–Kier alpha value is -1.66. The molecule has 0 aliphatic carbocycles. The predicted molar refractivity (Wildman–Crippen MR) is 62.1 cm³/mol. The van der Waals surface area contributed by atoms with Crippen molar-refractivity contribution in [2.24, 2.45) is 0 Å². The molecule has 0 aliphatic rings. The Morgan fingerprint density at radius 2 is 2.29 bits per heavy atom. The quantitative estimate of drug-likeness (QED) is 0.630. The number of halogens is 1. The second-order valence-electron chi connectivity index (χ2n) is 3.45. The van der Waals surface area contributed by atoms with Gasteiger partial charge in [-0.2, -0.15) is 0 Å². The Kier molecular flexibility index (Phi) is 4.42. The number of nitro benzene ring substituents is 1. The summed E-state index contributed by atoms with van der Waals surface area (Å²) in [5, 5.41) is 21.8. The van der Waals surface area contributed by atoms with Gasteiger partial charge in [0.15, 0.2) is 0 Å². The van der Waals surface area contributed by atoms with Crippen LogP contribution in [0.25, 0.3) is 0 Å². The van der Waals surface area contributed by atoms with Crippen molar-refractivity contribution in [2.75, 3.05) is 6.54 Å². The highest BCUT2D eigenvalue weighted by atomic mass is 35.5. The van der Waals surface area contributed by atoms with Crippen LogP contribution in [-0.2, 0) is 0 Å². The Bertz CT molecular complexity index is 448. The van der Waals surface area contributed by atoms with Crippen LogP contribution in [0.2, 0.25) is 5.02 Å². The molecule has 1 amide bonds. The lowest BCUT2D eigenvalue weighted by Gasteiger charge is -2.08. The summed E-state index contributed by atoms with van der Waals surface area (Å²) in [6.45, 7) is 1.56. The number of nitro groups is 1. The van der Waals surface area contributed by atoms with Crippen LogP contribution in [-0.4, -0.2) is 28.6 Å². The first kappa shape index (κ1) is 13.4. The molecule has 7 heteroatoms. The minimum absolute atomic E-state index is 0.0153. The molecular weight excluding hydrogens is 248 g/mol. The molecule has 92 valence electrons. The second kappa shape index (κ2) is 5.60. The van der Waals surface area contributed by atoms with Crippen LogP contribution in [0.3, 0.4) is 0 Å². The van der Waals surface area contributed by atoms with E-state index in [-0.39, 0.29) is 22.8 Å². The third-order valence-corrected chi connectivity index (χ3v) is 2.37. The number of carbonyl (C=O) groups is 1. The van der Waals surface area contributed by atoms with Gasteiger partial charge in [0.2, 0.25) is 0 Å². The van der Waals surface area contributed by atoms with Gasteiger partial charge < -0.3 is 10.4 Å². The molecule has 1 rings (SSSR count). The molecule has 0 saturated carbocycles. The molecular formula is C10H11ClN2O4. The van der Waals surface area contributed by atoms with E-state index in [9.17, 15) is 14.9 Å². The van der Waals surface area contributed by atoms with E-state index in [0.29, 0.717) is 0 Å². The maximum Gasteiger partial charge on any atom is 0.288 e. The topological polar surface area (TPSA) is 92.5 Å². The molecule has 2 N–H and O–H groups in total. The number of carbonyl (C=O) groups excluding carboxylic acids is 1. The van der Waals surface area contributed by atoms with E-state index in [2.05, 4.69) is 5.32 Å². The number of hydrogen-bond donors (Lipinski definition) is 2. The average Bonchev–Trinajstić information content (AvgIpc) is 2.25. The monoisotopic (exact) mass is 258 g/mol. The first-order chi connectivity index (χ1) is 7.93. The van der Waals surface area contributed by atoms with Crippen molar-refractivity contribution in [2.45, 2.75) is 13.0 Å². The maximum atomic E-state index is 11.6. The Morgan fingerprint density at radius 1 is 1.65 bits per heavy atom.